The molecule has 1 rings (SSSR count). The molecule has 0 saturated heterocycles. The highest BCUT2D eigenvalue weighted by molar-refractivity contribution is 5.70. The molecule has 1 heterocycles. The fourth-order valence-electron chi connectivity index (χ4n) is 1.22. The van der Waals surface area contributed by atoms with E-state index < -0.39 is 11.5 Å². The van der Waals surface area contributed by atoms with Crippen LogP contribution in [0.4, 0.5) is 5.95 Å². The SMILES string of the molecule is CCNc1nc(C)c(CC(=O)O)c(=O)[nH]1. The summed E-state index contributed by atoms with van der Waals surface area (Å²) in [5.41, 5.74) is 0.238. The van der Waals surface area contributed by atoms with Crippen molar-refractivity contribution in [2.75, 3.05) is 11.9 Å². The Bertz CT molecular complexity index is 425. The largest absolute Gasteiger partial charge is 0.481 e. The molecule has 6 nitrogen and oxygen atoms in total. The van der Waals surface area contributed by atoms with Crippen LogP contribution in [0.2, 0.25) is 0 Å². The van der Waals surface area contributed by atoms with Gasteiger partial charge in [0.25, 0.3) is 5.56 Å². The van der Waals surface area contributed by atoms with Gasteiger partial charge < -0.3 is 10.4 Å². The number of nitrogens with zero attached hydrogens (tertiary/aromatic N) is 1. The number of hydrogen-bond acceptors (Lipinski definition) is 4. The average Bonchev–Trinajstić information content (AvgIpc) is 2.11. The van der Waals surface area contributed by atoms with E-state index >= 15 is 0 Å². The van der Waals surface area contributed by atoms with Gasteiger partial charge in [0.2, 0.25) is 5.95 Å². The zero-order valence-corrected chi connectivity index (χ0v) is 8.63. The molecule has 0 amide bonds. The molecule has 0 aliphatic carbocycles. The van der Waals surface area contributed by atoms with Gasteiger partial charge in [-0.25, -0.2) is 4.98 Å². The van der Waals surface area contributed by atoms with Gasteiger partial charge in [-0.15, -0.1) is 0 Å². The molecular formula is C9H13N3O3. The maximum Gasteiger partial charge on any atom is 0.308 e. The quantitative estimate of drug-likeness (QED) is 0.658. The zero-order chi connectivity index (χ0) is 11.4. The van der Waals surface area contributed by atoms with Crippen molar-refractivity contribution in [3.8, 4) is 0 Å². The molecule has 15 heavy (non-hydrogen) atoms. The number of aromatic nitrogens is 2. The molecule has 3 N–H and O–H groups in total. The van der Waals surface area contributed by atoms with E-state index in [0.717, 1.165) is 0 Å². The van der Waals surface area contributed by atoms with Crippen molar-refractivity contribution < 1.29 is 9.90 Å². The van der Waals surface area contributed by atoms with Crippen molar-refractivity contribution in [3.05, 3.63) is 21.6 Å². The third-order valence-electron chi connectivity index (χ3n) is 1.89. The van der Waals surface area contributed by atoms with Crippen LogP contribution >= 0.6 is 0 Å². The van der Waals surface area contributed by atoms with Gasteiger partial charge in [-0.1, -0.05) is 0 Å². The molecule has 0 fully saturated rings. The number of anilines is 1. The van der Waals surface area contributed by atoms with E-state index in [2.05, 4.69) is 15.3 Å². The molecule has 0 radical (unpaired) electrons. The normalized spacial score (nSPS) is 10.0. The monoisotopic (exact) mass is 211 g/mol. The number of rotatable bonds is 4. The number of H-pyrrole nitrogens is 1. The Kier molecular flexibility index (Phi) is 3.43. The van der Waals surface area contributed by atoms with E-state index in [0.29, 0.717) is 18.2 Å². The van der Waals surface area contributed by atoms with Gasteiger partial charge in [-0.05, 0) is 13.8 Å². The van der Waals surface area contributed by atoms with E-state index in [1.807, 2.05) is 6.92 Å². The summed E-state index contributed by atoms with van der Waals surface area (Å²) in [6.07, 6.45) is -0.305. The Labute approximate surface area is 86.4 Å². The zero-order valence-electron chi connectivity index (χ0n) is 8.63. The maximum absolute atomic E-state index is 11.5. The standard InChI is InChI=1S/C9H13N3O3/c1-3-10-9-11-5(2)6(4-7(13)14)8(15)12-9/h3-4H2,1-2H3,(H,13,14)(H2,10,11,12,15). The molecule has 0 aliphatic rings. The second-order valence-corrected chi connectivity index (χ2v) is 3.08. The van der Waals surface area contributed by atoms with Crippen LogP contribution in [0.25, 0.3) is 0 Å². The lowest BCUT2D eigenvalue weighted by atomic mass is 10.2. The predicted molar refractivity (Wildman–Crippen MR) is 55.1 cm³/mol. The molecule has 0 spiro atoms. The summed E-state index contributed by atoms with van der Waals surface area (Å²) in [5, 5.41) is 11.4. The molecule has 1 aromatic heterocycles. The fraction of sp³-hybridized carbons (Fsp3) is 0.444. The summed E-state index contributed by atoms with van der Waals surface area (Å²) < 4.78 is 0. The summed E-state index contributed by atoms with van der Waals surface area (Å²) in [6, 6.07) is 0. The van der Waals surface area contributed by atoms with Crippen LogP contribution in [0.5, 0.6) is 0 Å². The lowest BCUT2D eigenvalue weighted by Crippen LogP contribution is -2.21. The molecule has 0 aromatic carbocycles. The molecule has 0 bridgehead atoms. The molecule has 0 atom stereocenters. The Balaban J connectivity index is 3.10. The van der Waals surface area contributed by atoms with Crippen LogP contribution in [0, 0.1) is 6.92 Å². The number of carboxylic acids is 1. The number of hydrogen-bond donors (Lipinski definition) is 3. The Hall–Kier alpha value is -1.85. The topological polar surface area (TPSA) is 95.1 Å². The maximum atomic E-state index is 11.5. The van der Waals surface area contributed by atoms with Crippen molar-refractivity contribution in [2.45, 2.75) is 20.3 Å². The second-order valence-electron chi connectivity index (χ2n) is 3.08. The van der Waals surface area contributed by atoms with Gasteiger partial charge in [0.05, 0.1) is 12.1 Å². The van der Waals surface area contributed by atoms with Crippen molar-refractivity contribution in [3.63, 3.8) is 0 Å². The Morgan fingerprint density at radius 1 is 1.60 bits per heavy atom. The lowest BCUT2D eigenvalue weighted by molar-refractivity contribution is -0.136. The van der Waals surface area contributed by atoms with Crippen LogP contribution in [0.15, 0.2) is 4.79 Å². The van der Waals surface area contributed by atoms with Gasteiger partial charge in [0.15, 0.2) is 0 Å². The smallest absolute Gasteiger partial charge is 0.308 e. The van der Waals surface area contributed by atoms with Crippen molar-refractivity contribution in [2.24, 2.45) is 0 Å². The number of aryl methyl sites for hydroxylation is 1. The first-order valence-electron chi connectivity index (χ1n) is 4.60. The number of carbonyl (C=O) groups is 1. The third kappa shape index (κ3) is 2.80. The highest BCUT2D eigenvalue weighted by atomic mass is 16.4. The van der Waals surface area contributed by atoms with Gasteiger partial charge in [0.1, 0.15) is 0 Å². The average molecular weight is 211 g/mol. The van der Waals surface area contributed by atoms with E-state index in [1.54, 1.807) is 6.92 Å². The highest BCUT2D eigenvalue weighted by Crippen LogP contribution is 2.02. The minimum absolute atomic E-state index is 0.198. The minimum Gasteiger partial charge on any atom is -0.481 e. The van der Waals surface area contributed by atoms with Crippen molar-refractivity contribution >= 4 is 11.9 Å². The van der Waals surface area contributed by atoms with Gasteiger partial charge in [-0.3, -0.25) is 14.6 Å². The van der Waals surface area contributed by atoms with Crippen LogP contribution in [0.3, 0.4) is 0 Å². The van der Waals surface area contributed by atoms with Crippen molar-refractivity contribution in [1.29, 1.82) is 0 Å². The third-order valence-corrected chi connectivity index (χ3v) is 1.89. The van der Waals surface area contributed by atoms with E-state index in [-0.39, 0.29) is 12.0 Å². The molecule has 0 unspecified atom stereocenters. The summed E-state index contributed by atoms with van der Waals surface area (Å²) >= 11 is 0. The molecule has 82 valence electrons. The Morgan fingerprint density at radius 2 is 2.27 bits per heavy atom. The number of nitrogens with one attached hydrogen (secondary N) is 2. The molecule has 0 saturated carbocycles. The number of carboxylic acid groups (broad SMARTS) is 1. The molecule has 1 aromatic rings. The van der Waals surface area contributed by atoms with Crippen LogP contribution in [0.1, 0.15) is 18.2 Å². The van der Waals surface area contributed by atoms with E-state index in [1.165, 1.54) is 0 Å². The van der Waals surface area contributed by atoms with Gasteiger partial charge in [0, 0.05) is 12.1 Å². The summed E-state index contributed by atoms with van der Waals surface area (Å²) in [6.45, 7) is 4.13. The van der Waals surface area contributed by atoms with Crippen molar-refractivity contribution in [1.82, 2.24) is 9.97 Å². The minimum atomic E-state index is -1.04. The first kappa shape index (κ1) is 11.2. The Morgan fingerprint density at radius 3 is 2.73 bits per heavy atom. The molecular weight excluding hydrogens is 198 g/mol. The first-order chi connectivity index (χ1) is 7.04. The van der Waals surface area contributed by atoms with E-state index in [4.69, 9.17) is 5.11 Å². The first-order valence-corrected chi connectivity index (χ1v) is 4.60. The lowest BCUT2D eigenvalue weighted by Gasteiger charge is -2.05. The number of aromatic amines is 1. The molecule has 0 aliphatic heterocycles. The second kappa shape index (κ2) is 4.59. The highest BCUT2D eigenvalue weighted by Gasteiger charge is 2.11. The van der Waals surface area contributed by atoms with Gasteiger partial charge >= 0.3 is 5.97 Å². The van der Waals surface area contributed by atoms with Crippen LogP contribution in [-0.2, 0) is 11.2 Å². The summed E-state index contributed by atoms with van der Waals surface area (Å²) in [4.78, 5) is 28.5. The summed E-state index contributed by atoms with van der Waals surface area (Å²) in [5.74, 6) is -0.671. The summed E-state index contributed by atoms with van der Waals surface area (Å²) in [7, 11) is 0. The van der Waals surface area contributed by atoms with Crippen LogP contribution < -0.4 is 10.9 Å². The fourth-order valence-corrected chi connectivity index (χ4v) is 1.22. The number of aliphatic carboxylic acids is 1. The van der Waals surface area contributed by atoms with Crippen LogP contribution in [-0.4, -0.2) is 27.6 Å². The molecule has 6 heteroatoms. The van der Waals surface area contributed by atoms with E-state index in [9.17, 15) is 9.59 Å². The predicted octanol–water partition coefficient (Wildman–Crippen LogP) is 0.137. The van der Waals surface area contributed by atoms with Gasteiger partial charge in [-0.2, -0.15) is 0 Å².